The quantitative estimate of drug-likeness (QED) is 0.377. The monoisotopic (exact) mass is 468 g/mol. The zero-order valence-electron chi connectivity index (χ0n) is 20.8. The maximum absolute atomic E-state index is 12.9. The van der Waals surface area contributed by atoms with E-state index in [1.54, 1.807) is 0 Å². The smallest absolute Gasteiger partial charge is 0.245 e. The second kappa shape index (κ2) is 11.1. The minimum absolute atomic E-state index is 0.488. The summed E-state index contributed by atoms with van der Waals surface area (Å²) in [5.74, 6) is -3.24. The lowest BCUT2D eigenvalue weighted by atomic mass is 10.1. The van der Waals surface area contributed by atoms with Crippen LogP contribution in [0.3, 0.4) is 0 Å². The van der Waals surface area contributed by atoms with Crippen LogP contribution in [0.5, 0.6) is 0 Å². The van der Waals surface area contributed by atoms with Crippen LogP contribution in [0, 0.1) is 0 Å². The van der Waals surface area contributed by atoms with Gasteiger partial charge in [-0.05, 0) is 41.5 Å². The first kappa shape index (κ1) is 27.9. The Morgan fingerprint density at radius 1 is 0.455 bits per heavy atom. The lowest BCUT2D eigenvalue weighted by Gasteiger charge is -2.33. The zero-order valence-corrected chi connectivity index (χ0v) is 20.8. The fraction of sp³-hybridized carbons (Fsp3) is 0.714. The number of rotatable bonds is 0. The first-order valence-corrected chi connectivity index (χ1v) is 10.8. The molecule has 0 aromatic carbocycles. The molecule has 6 amide bonds. The van der Waals surface area contributed by atoms with Gasteiger partial charge >= 0.3 is 0 Å². The average molecular weight is 469 g/mol. The van der Waals surface area contributed by atoms with Gasteiger partial charge in [0.15, 0.2) is 0 Å². The molecule has 0 bridgehead atoms. The highest BCUT2D eigenvalue weighted by molar-refractivity contribution is 5.97. The second-order valence-corrected chi connectivity index (χ2v) is 8.57. The standard InChI is InChI=1S/C21H36N6O6/c1-10-16(28)23-11(2)19(31)25(7)13(4)18(30)24-12(3)20(32)27(9)15(6)21(33)26(8)14(5)17(29)22-10/h10-15H,1-9H3,(H,22,29)(H,23,28)(H,24,30)/t10-,11-,12-,13-,14-,15+/m0/s1. The van der Waals surface area contributed by atoms with Crippen molar-refractivity contribution in [3.63, 3.8) is 0 Å². The van der Waals surface area contributed by atoms with Crippen LogP contribution in [0.1, 0.15) is 41.5 Å². The number of likely N-dealkylation sites (N-methyl/N-ethyl adjacent to an activating group) is 3. The summed E-state index contributed by atoms with van der Waals surface area (Å²) in [6.45, 7) is 8.90. The molecule has 0 aromatic heterocycles. The Labute approximate surface area is 194 Å². The molecule has 1 heterocycles. The maximum atomic E-state index is 12.9. The van der Waals surface area contributed by atoms with E-state index in [4.69, 9.17) is 0 Å². The zero-order chi connectivity index (χ0) is 25.8. The summed E-state index contributed by atoms with van der Waals surface area (Å²) in [6, 6.07) is -5.69. The molecule has 33 heavy (non-hydrogen) atoms. The largest absolute Gasteiger partial charge is 0.343 e. The number of nitrogens with zero attached hydrogens (tertiary/aromatic N) is 3. The second-order valence-electron chi connectivity index (χ2n) is 8.57. The molecule has 1 aliphatic heterocycles. The molecule has 0 aromatic rings. The number of hydrogen-bond acceptors (Lipinski definition) is 6. The van der Waals surface area contributed by atoms with Gasteiger partial charge in [-0.25, -0.2) is 0 Å². The molecule has 1 saturated heterocycles. The molecule has 12 heteroatoms. The van der Waals surface area contributed by atoms with E-state index in [1.807, 2.05) is 0 Å². The number of carbonyl (C=O) groups excluding carboxylic acids is 6. The number of nitrogens with one attached hydrogen (secondary N) is 3. The molecule has 6 atom stereocenters. The van der Waals surface area contributed by atoms with Gasteiger partial charge in [0.05, 0.1) is 0 Å². The van der Waals surface area contributed by atoms with Crippen molar-refractivity contribution in [2.45, 2.75) is 77.8 Å². The van der Waals surface area contributed by atoms with E-state index in [9.17, 15) is 28.8 Å². The Morgan fingerprint density at radius 2 is 0.758 bits per heavy atom. The molecule has 1 rings (SSSR count). The van der Waals surface area contributed by atoms with E-state index in [-0.39, 0.29) is 0 Å². The molecular formula is C21H36N6O6. The van der Waals surface area contributed by atoms with E-state index in [2.05, 4.69) is 16.0 Å². The molecule has 3 N–H and O–H groups in total. The van der Waals surface area contributed by atoms with Crippen LogP contribution >= 0.6 is 0 Å². The van der Waals surface area contributed by atoms with Crippen LogP contribution < -0.4 is 16.0 Å². The van der Waals surface area contributed by atoms with E-state index in [0.29, 0.717) is 0 Å². The number of carbonyl (C=O) groups is 6. The van der Waals surface area contributed by atoms with Crippen LogP contribution in [0.2, 0.25) is 0 Å². The van der Waals surface area contributed by atoms with Crippen molar-refractivity contribution in [3.05, 3.63) is 0 Å². The van der Waals surface area contributed by atoms with Crippen LogP contribution in [0.25, 0.3) is 0 Å². The Morgan fingerprint density at radius 3 is 1.18 bits per heavy atom. The van der Waals surface area contributed by atoms with Gasteiger partial charge in [0, 0.05) is 21.1 Å². The molecule has 12 nitrogen and oxygen atoms in total. The van der Waals surface area contributed by atoms with Crippen LogP contribution in [0.15, 0.2) is 0 Å². The third-order valence-corrected chi connectivity index (χ3v) is 6.11. The van der Waals surface area contributed by atoms with Crippen molar-refractivity contribution in [3.8, 4) is 0 Å². The van der Waals surface area contributed by atoms with Crippen molar-refractivity contribution in [2.75, 3.05) is 21.1 Å². The first-order chi connectivity index (χ1) is 15.1. The highest BCUT2D eigenvalue weighted by Gasteiger charge is 2.34. The van der Waals surface area contributed by atoms with Crippen molar-refractivity contribution >= 4 is 35.4 Å². The van der Waals surface area contributed by atoms with Crippen molar-refractivity contribution < 1.29 is 28.8 Å². The van der Waals surface area contributed by atoms with E-state index < -0.39 is 71.7 Å². The lowest BCUT2D eigenvalue weighted by molar-refractivity contribution is -0.148. The summed E-state index contributed by atoms with van der Waals surface area (Å²) in [5.41, 5.74) is 0. The summed E-state index contributed by atoms with van der Waals surface area (Å²) in [4.78, 5) is 79.7. The summed E-state index contributed by atoms with van der Waals surface area (Å²) >= 11 is 0. The molecule has 0 unspecified atom stereocenters. The van der Waals surface area contributed by atoms with Crippen LogP contribution in [0.4, 0.5) is 0 Å². The van der Waals surface area contributed by atoms with Gasteiger partial charge in [0.2, 0.25) is 35.4 Å². The highest BCUT2D eigenvalue weighted by Crippen LogP contribution is 2.08. The number of amides is 6. The molecule has 0 saturated carbocycles. The Balaban J connectivity index is 3.29. The van der Waals surface area contributed by atoms with E-state index in [1.165, 1.54) is 72.5 Å². The van der Waals surface area contributed by atoms with Gasteiger partial charge in [-0.3, -0.25) is 28.8 Å². The lowest BCUT2D eigenvalue weighted by Crippen LogP contribution is -2.59. The summed E-state index contributed by atoms with van der Waals surface area (Å²) in [7, 11) is 4.27. The predicted octanol–water partition coefficient (Wildman–Crippen LogP) is -1.95. The molecule has 1 aliphatic rings. The minimum Gasteiger partial charge on any atom is -0.343 e. The summed E-state index contributed by atoms with van der Waals surface area (Å²) < 4.78 is 0. The van der Waals surface area contributed by atoms with Crippen LogP contribution in [-0.4, -0.2) is 108 Å². The third kappa shape index (κ3) is 6.42. The van der Waals surface area contributed by atoms with Gasteiger partial charge < -0.3 is 30.7 Å². The summed E-state index contributed by atoms with van der Waals surface area (Å²) in [6.07, 6.45) is 0. The van der Waals surface area contributed by atoms with Crippen molar-refractivity contribution in [1.82, 2.24) is 30.7 Å². The van der Waals surface area contributed by atoms with Crippen molar-refractivity contribution in [2.24, 2.45) is 0 Å². The van der Waals surface area contributed by atoms with Gasteiger partial charge in [-0.1, -0.05) is 0 Å². The average Bonchev–Trinajstić information content (AvgIpc) is 2.78. The normalized spacial score (nSPS) is 32.1. The minimum atomic E-state index is -0.980. The van der Waals surface area contributed by atoms with Gasteiger partial charge in [-0.15, -0.1) is 0 Å². The van der Waals surface area contributed by atoms with E-state index >= 15 is 0 Å². The maximum Gasteiger partial charge on any atom is 0.245 e. The van der Waals surface area contributed by atoms with Gasteiger partial charge in [-0.2, -0.15) is 0 Å². The Kier molecular flexibility index (Phi) is 9.37. The molecule has 0 radical (unpaired) electrons. The third-order valence-electron chi connectivity index (χ3n) is 6.11. The SMILES string of the molecule is C[C@@H]1NC(=O)[C@H](C)N(C)C(=O)[C@@H](C)N(C)C(=O)[C@H](C)NC(=O)[C@H](C)N(C)C(=O)[C@H](C)NC1=O. The fourth-order valence-corrected chi connectivity index (χ4v) is 3.19. The Hall–Kier alpha value is -3.18. The molecule has 0 aliphatic carbocycles. The van der Waals surface area contributed by atoms with Gasteiger partial charge in [0.25, 0.3) is 0 Å². The molecule has 186 valence electrons. The number of hydrogen-bond donors (Lipinski definition) is 3. The molecular weight excluding hydrogens is 432 g/mol. The predicted molar refractivity (Wildman–Crippen MR) is 120 cm³/mol. The van der Waals surface area contributed by atoms with E-state index in [0.717, 1.165) is 4.90 Å². The fourth-order valence-electron chi connectivity index (χ4n) is 3.19. The van der Waals surface area contributed by atoms with Crippen molar-refractivity contribution in [1.29, 1.82) is 0 Å². The Bertz CT molecular complexity index is 817. The van der Waals surface area contributed by atoms with Gasteiger partial charge in [0.1, 0.15) is 36.3 Å². The molecule has 0 spiro atoms. The summed E-state index contributed by atoms with van der Waals surface area (Å²) in [5, 5.41) is 7.60. The van der Waals surface area contributed by atoms with Crippen LogP contribution in [-0.2, 0) is 28.8 Å². The topological polar surface area (TPSA) is 148 Å². The first-order valence-electron chi connectivity index (χ1n) is 10.8. The molecule has 1 fully saturated rings. The highest BCUT2D eigenvalue weighted by atomic mass is 16.2.